The lowest BCUT2D eigenvalue weighted by Crippen LogP contribution is -2.04. The summed E-state index contributed by atoms with van der Waals surface area (Å²) in [6, 6.07) is 10.2. The molecule has 2 aromatic rings. The third kappa shape index (κ3) is 2.58. The van der Waals surface area contributed by atoms with Gasteiger partial charge in [-0.15, -0.1) is 5.10 Å². The molecule has 1 unspecified atom stereocenters. The van der Waals surface area contributed by atoms with Gasteiger partial charge >= 0.3 is 6.01 Å². The van der Waals surface area contributed by atoms with Crippen molar-refractivity contribution >= 4 is 6.01 Å². The maximum atomic E-state index is 5.61. The number of nitrogens with two attached hydrogens (primary N) is 1. The molecular weight excluding hydrogens is 204 g/mol. The van der Waals surface area contributed by atoms with Gasteiger partial charge in [0.25, 0.3) is 0 Å². The fourth-order valence-corrected chi connectivity index (χ4v) is 1.26. The van der Waals surface area contributed by atoms with E-state index in [1.54, 1.807) is 6.92 Å². The van der Waals surface area contributed by atoms with Crippen LogP contribution in [0.1, 0.15) is 24.4 Å². The Hall–Kier alpha value is -1.88. The average molecular weight is 218 g/mol. The average Bonchev–Trinajstić information content (AvgIpc) is 2.76. The highest BCUT2D eigenvalue weighted by atomic mass is 16.4. The van der Waals surface area contributed by atoms with E-state index in [0.29, 0.717) is 18.5 Å². The fraction of sp³-hybridized carbons (Fsp3) is 0.273. The van der Waals surface area contributed by atoms with Crippen molar-refractivity contribution in [2.75, 3.05) is 5.32 Å². The van der Waals surface area contributed by atoms with Gasteiger partial charge in [0.1, 0.15) is 0 Å². The lowest BCUT2D eigenvalue weighted by Gasteiger charge is -2.00. The van der Waals surface area contributed by atoms with Crippen LogP contribution in [0.2, 0.25) is 0 Å². The van der Waals surface area contributed by atoms with Gasteiger partial charge in [-0.1, -0.05) is 35.4 Å². The molecule has 0 aliphatic carbocycles. The van der Waals surface area contributed by atoms with Crippen LogP contribution in [0.25, 0.3) is 0 Å². The molecule has 1 aromatic carbocycles. The van der Waals surface area contributed by atoms with Crippen LogP contribution in [0.5, 0.6) is 0 Å². The standard InChI is InChI=1S/C11H14N4O/c1-8(12)10-14-15-11(16-10)13-7-9-5-3-2-4-6-9/h2-6,8H,7,12H2,1H3,(H,13,15). The van der Waals surface area contributed by atoms with Crippen molar-refractivity contribution in [3.05, 3.63) is 41.8 Å². The molecule has 1 atom stereocenters. The van der Waals surface area contributed by atoms with Crippen LogP contribution < -0.4 is 11.1 Å². The zero-order chi connectivity index (χ0) is 11.4. The van der Waals surface area contributed by atoms with Gasteiger partial charge in [-0.05, 0) is 12.5 Å². The number of anilines is 1. The fourth-order valence-electron chi connectivity index (χ4n) is 1.26. The predicted octanol–water partition coefficient (Wildman–Crippen LogP) is 1.70. The molecule has 0 aliphatic heterocycles. The molecule has 84 valence electrons. The van der Waals surface area contributed by atoms with Crippen molar-refractivity contribution in [3.63, 3.8) is 0 Å². The molecule has 5 nitrogen and oxygen atoms in total. The predicted molar refractivity (Wildman–Crippen MR) is 60.7 cm³/mol. The Balaban J connectivity index is 1.95. The Bertz CT molecular complexity index is 438. The van der Waals surface area contributed by atoms with Crippen molar-refractivity contribution < 1.29 is 4.42 Å². The summed E-state index contributed by atoms with van der Waals surface area (Å²) in [7, 11) is 0. The molecule has 3 N–H and O–H groups in total. The number of rotatable bonds is 4. The molecule has 0 spiro atoms. The second-order valence-electron chi connectivity index (χ2n) is 3.57. The van der Waals surface area contributed by atoms with Crippen LogP contribution in [0.15, 0.2) is 34.7 Å². The maximum Gasteiger partial charge on any atom is 0.315 e. The van der Waals surface area contributed by atoms with Crippen LogP contribution in [-0.2, 0) is 6.54 Å². The van der Waals surface area contributed by atoms with Gasteiger partial charge in [-0.25, -0.2) is 0 Å². The first kappa shape index (κ1) is 10.6. The second kappa shape index (κ2) is 4.76. The summed E-state index contributed by atoms with van der Waals surface area (Å²) in [5.41, 5.74) is 6.77. The van der Waals surface area contributed by atoms with Crippen LogP contribution in [0, 0.1) is 0 Å². The molecule has 0 bridgehead atoms. The minimum absolute atomic E-state index is 0.236. The Morgan fingerprint density at radius 1 is 1.31 bits per heavy atom. The molecule has 2 rings (SSSR count). The highest BCUT2D eigenvalue weighted by Gasteiger charge is 2.08. The molecule has 1 aromatic heterocycles. The third-order valence-electron chi connectivity index (χ3n) is 2.12. The Morgan fingerprint density at radius 2 is 2.06 bits per heavy atom. The summed E-state index contributed by atoms with van der Waals surface area (Å²) in [5.74, 6) is 0.440. The lowest BCUT2D eigenvalue weighted by molar-refractivity contribution is 0.472. The van der Waals surface area contributed by atoms with E-state index in [9.17, 15) is 0 Å². The zero-order valence-electron chi connectivity index (χ0n) is 9.05. The second-order valence-corrected chi connectivity index (χ2v) is 3.57. The Morgan fingerprint density at radius 3 is 2.69 bits per heavy atom. The first-order valence-electron chi connectivity index (χ1n) is 5.12. The first-order chi connectivity index (χ1) is 7.75. The number of hydrogen-bond donors (Lipinski definition) is 2. The quantitative estimate of drug-likeness (QED) is 0.816. The van der Waals surface area contributed by atoms with Gasteiger partial charge in [0, 0.05) is 6.54 Å². The minimum atomic E-state index is -0.236. The van der Waals surface area contributed by atoms with E-state index in [2.05, 4.69) is 15.5 Å². The van der Waals surface area contributed by atoms with Crippen molar-refractivity contribution in [1.82, 2.24) is 10.2 Å². The molecule has 0 saturated heterocycles. The van der Waals surface area contributed by atoms with Gasteiger partial charge in [0.2, 0.25) is 5.89 Å². The topological polar surface area (TPSA) is 77.0 Å². The molecule has 0 radical (unpaired) electrons. The molecule has 5 heteroatoms. The van der Waals surface area contributed by atoms with E-state index < -0.39 is 0 Å². The summed E-state index contributed by atoms with van der Waals surface area (Å²) in [4.78, 5) is 0. The summed E-state index contributed by atoms with van der Waals surface area (Å²) >= 11 is 0. The monoisotopic (exact) mass is 218 g/mol. The van der Waals surface area contributed by atoms with Crippen LogP contribution in [0.4, 0.5) is 6.01 Å². The zero-order valence-corrected chi connectivity index (χ0v) is 9.05. The molecule has 0 amide bonds. The number of hydrogen-bond acceptors (Lipinski definition) is 5. The van der Waals surface area contributed by atoms with Crippen molar-refractivity contribution in [2.24, 2.45) is 5.73 Å². The number of nitrogens with one attached hydrogen (secondary N) is 1. The smallest absolute Gasteiger partial charge is 0.315 e. The first-order valence-corrected chi connectivity index (χ1v) is 5.12. The Kier molecular flexibility index (Phi) is 3.16. The largest absolute Gasteiger partial charge is 0.406 e. The highest BCUT2D eigenvalue weighted by Crippen LogP contribution is 2.12. The molecule has 0 fully saturated rings. The third-order valence-corrected chi connectivity index (χ3v) is 2.12. The number of aromatic nitrogens is 2. The van der Waals surface area contributed by atoms with E-state index in [4.69, 9.17) is 10.2 Å². The van der Waals surface area contributed by atoms with Crippen LogP contribution in [-0.4, -0.2) is 10.2 Å². The van der Waals surface area contributed by atoms with Crippen molar-refractivity contribution in [2.45, 2.75) is 19.5 Å². The molecular formula is C11H14N4O. The van der Waals surface area contributed by atoms with E-state index in [0.717, 1.165) is 5.56 Å². The normalized spacial score (nSPS) is 12.4. The number of benzene rings is 1. The van der Waals surface area contributed by atoms with Gasteiger partial charge in [-0.3, -0.25) is 0 Å². The van der Waals surface area contributed by atoms with Crippen LogP contribution in [0.3, 0.4) is 0 Å². The van der Waals surface area contributed by atoms with Gasteiger partial charge < -0.3 is 15.5 Å². The Labute approximate surface area is 93.7 Å². The minimum Gasteiger partial charge on any atom is -0.406 e. The van der Waals surface area contributed by atoms with Gasteiger partial charge in [0.15, 0.2) is 0 Å². The maximum absolute atomic E-state index is 5.61. The van der Waals surface area contributed by atoms with Crippen molar-refractivity contribution in [1.29, 1.82) is 0 Å². The summed E-state index contributed by atoms with van der Waals surface area (Å²) in [6.07, 6.45) is 0. The lowest BCUT2D eigenvalue weighted by atomic mass is 10.2. The summed E-state index contributed by atoms with van der Waals surface area (Å²) in [5, 5.41) is 10.7. The summed E-state index contributed by atoms with van der Waals surface area (Å²) in [6.45, 7) is 2.45. The van der Waals surface area contributed by atoms with Gasteiger partial charge in [0.05, 0.1) is 6.04 Å². The molecule has 1 heterocycles. The van der Waals surface area contributed by atoms with Gasteiger partial charge in [-0.2, -0.15) is 0 Å². The molecule has 16 heavy (non-hydrogen) atoms. The van der Waals surface area contributed by atoms with E-state index in [-0.39, 0.29) is 6.04 Å². The van der Waals surface area contributed by atoms with E-state index >= 15 is 0 Å². The number of nitrogens with zero attached hydrogens (tertiary/aromatic N) is 2. The highest BCUT2D eigenvalue weighted by molar-refractivity contribution is 5.23. The SMILES string of the molecule is CC(N)c1nnc(NCc2ccccc2)o1. The summed E-state index contributed by atoms with van der Waals surface area (Å²) < 4.78 is 5.31. The molecule has 0 saturated carbocycles. The van der Waals surface area contributed by atoms with Crippen LogP contribution >= 0.6 is 0 Å². The molecule has 0 aliphatic rings. The van der Waals surface area contributed by atoms with E-state index in [1.807, 2.05) is 30.3 Å². The van der Waals surface area contributed by atoms with Crippen molar-refractivity contribution in [3.8, 4) is 0 Å². The van der Waals surface area contributed by atoms with E-state index in [1.165, 1.54) is 0 Å².